The predicted octanol–water partition coefficient (Wildman–Crippen LogP) is 5.30. The van der Waals surface area contributed by atoms with E-state index >= 15 is 0 Å². The molecule has 0 saturated carbocycles. The van der Waals surface area contributed by atoms with E-state index in [0.29, 0.717) is 22.9 Å². The van der Waals surface area contributed by atoms with E-state index in [0.717, 1.165) is 35.1 Å². The van der Waals surface area contributed by atoms with Crippen molar-refractivity contribution in [2.75, 3.05) is 13.2 Å². The number of unbranched alkanes of at least 4 members (excludes halogenated alkanes) is 1. The van der Waals surface area contributed by atoms with E-state index in [2.05, 4.69) is 0 Å². The van der Waals surface area contributed by atoms with E-state index in [-0.39, 0.29) is 18.1 Å². The van der Waals surface area contributed by atoms with E-state index in [1.165, 1.54) is 0 Å². The normalized spacial score (nSPS) is 14.9. The van der Waals surface area contributed by atoms with Crippen LogP contribution in [0.15, 0.2) is 53.4 Å². The summed E-state index contributed by atoms with van der Waals surface area (Å²) in [5.74, 6) is -0.540. The van der Waals surface area contributed by atoms with Crippen molar-refractivity contribution >= 4 is 46.6 Å². The molecule has 31 heavy (non-hydrogen) atoms. The number of benzene rings is 2. The second-order valence-electron chi connectivity index (χ2n) is 6.79. The summed E-state index contributed by atoms with van der Waals surface area (Å²) in [6, 6.07) is 14.5. The lowest BCUT2D eigenvalue weighted by molar-refractivity contribution is -0.146. The number of carbonyl (C=O) groups excluding carboxylic acids is 3. The summed E-state index contributed by atoms with van der Waals surface area (Å²) in [6.45, 7) is 2.19. The van der Waals surface area contributed by atoms with Crippen molar-refractivity contribution in [1.82, 2.24) is 4.90 Å². The van der Waals surface area contributed by atoms with Gasteiger partial charge in [0.25, 0.3) is 11.1 Å². The Kier molecular flexibility index (Phi) is 8.14. The van der Waals surface area contributed by atoms with Crippen LogP contribution in [-0.4, -0.2) is 35.2 Å². The maximum absolute atomic E-state index is 12.7. The summed E-state index contributed by atoms with van der Waals surface area (Å²) < 4.78 is 11.0. The number of halogens is 1. The van der Waals surface area contributed by atoms with Crippen LogP contribution in [0.1, 0.15) is 30.9 Å². The molecule has 0 aliphatic carbocycles. The maximum Gasteiger partial charge on any atom is 0.326 e. The average molecular weight is 460 g/mol. The Labute approximate surface area is 190 Å². The molecule has 2 amide bonds. The molecule has 1 saturated heterocycles. The van der Waals surface area contributed by atoms with E-state index in [1.807, 2.05) is 31.2 Å². The van der Waals surface area contributed by atoms with Gasteiger partial charge in [0.15, 0.2) is 0 Å². The highest BCUT2D eigenvalue weighted by atomic mass is 35.5. The second-order valence-corrected chi connectivity index (χ2v) is 8.22. The summed E-state index contributed by atoms with van der Waals surface area (Å²) >= 11 is 6.70. The number of amides is 2. The van der Waals surface area contributed by atoms with Gasteiger partial charge >= 0.3 is 5.97 Å². The summed E-state index contributed by atoms with van der Waals surface area (Å²) in [7, 11) is 0. The van der Waals surface area contributed by atoms with E-state index < -0.39 is 17.1 Å². The Bertz CT molecular complexity index is 990. The molecule has 8 heteroatoms. The lowest BCUT2D eigenvalue weighted by atomic mass is 10.1. The Morgan fingerprint density at radius 3 is 2.61 bits per heavy atom. The first-order chi connectivity index (χ1) is 15.0. The average Bonchev–Trinajstić information content (AvgIpc) is 3.02. The van der Waals surface area contributed by atoms with Crippen molar-refractivity contribution in [3.8, 4) is 5.75 Å². The first-order valence-electron chi connectivity index (χ1n) is 9.85. The fourth-order valence-corrected chi connectivity index (χ4v) is 3.71. The lowest BCUT2D eigenvalue weighted by Gasteiger charge is -2.12. The molecule has 1 aliphatic rings. The maximum atomic E-state index is 12.7. The molecule has 3 rings (SSSR count). The molecule has 0 bridgehead atoms. The van der Waals surface area contributed by atoms with Gasteiger partial charge in [0, 0.05) is 10.6 Å². The summed E-state index contributed by atoms with van der Waals surface area (Å²) in [5, 5.41) is 0.150. The highest BCUT2D eigenvalue weighted by Crippen LogP contribution is 2.34. The van der Waals surface area contributed by atoms with Crippen LogP contribution in [0, 0.1) is 0 Å². The molecule has 0 radical (unpaired) electrons. The number of ether oxygens (including phenoxy) is 2. The van der Waals surface area contributed by atoms with Crippen molar-refractivity contribution in [2.45, 2.75) is 26.4 Å². The van der Waals surface area contributed by atoms with Crippen LogP contribution in [-0.2, 0) is 20.9 Å². The first kappa shape index (κ1) is 22.9. The number of nitrogens with zero attached hydrogens (tertiary/aromatic N) is 1. The molecule has 2 aromatic carbocycles. The van der Waals surface area contributed by atoms with Gasteiger partial charge in [0.05, 0.1) is 11.5 Å². The van der Waals surface area contributed by atoms with Gasteiger partial charge in [0.1, 0.15) is 18.9 Å². The number of hydrogen-bond acceptors (Lipinski definition) is 6. The van der Waals surface area contributed by atoms with Crippen LogP contribution in [0.2, 0.25) is 5.02 Å². The zero-order chi connectivity index (χ0) is 22.2. The van der Waals surface area contributed by atoms with Gasteiger partial charge in [-0.3, -0.25) is 19.3 Å². The van der Waals surface area contributed by atoms with Crippen molar-refractivity contribution < 1.29 is 23.9 Å². The number of esters is 1. The molecule has 0 unspecified atom stereocenters. The monoisotopic (exact) mass is 459 g/mol. The molecular formula is C23H22ClNO5S. The number of rotatable bonds is 9. The number of para-hydroxylation sites is 1. The third kappa shape index (κ3) is 6.35. The molecule has 6 nitrogen and oxygen atoms in total. The van der Waals surface area contributed by atoms with Gasteiger partial charge in [-0.1, -0.05) is 55.3 Å². The van der Waals surface area contributed by atoms with E-state index in [9.17, 15) is 14.4 Å². The van der Waals surface area contributed by atoms with Crippen LogP contribution in [0.5, 0.6) is 5.75 Å². The Morgan fingerprint density at radius 2 is 1.87 bits per heavy atom. The standard InChI is InChI=1S/C23H22ClNO5S/c1-2-3-12-29-21(26)14-25-22(27)20(31-23(25)28)13-17-6-4-5-7-19(17)30-15-16-8-10-18(24)11-9-16/h4-11,13H,2-3,12,14-15H2,1H3/b20-13+. The SMILES string of the molecule is CCCCOC(=O)CN1C(=O)S/C(=C/c2ccccc2OCc2ccc(Cl)cc2)C1=O. The number of thioether (sulfide) groups is 1. The number of carbonyl (C=O) groups is 3. The Morgan fingerprint density at radius 1 is 1.13 bits per heavy atom. The molecular weight excluding hydrogens is 438 g/mol. The molecule has 1 aliphatic heterocycles. The lowest BCUT2D eigenvalue weighted by Crippen LogP contribution is -2.34. The van der Waals surface area contributed by atoms with Gasteiger partial charge < -0.3 is 9.47 Å². The van der Waals surface area contributed by atoms with Crippen molar-refractivity contribution in [3.63, 3.8) is 0 Å². The minimum absolute atomic E-state index is 0.230. The first-order valence-corrected chi connectivity index (χ1v) is 11.0. The molecule has 1 heterocycles. The zero-order valence-electron chi connectivity index (χ0n) is 17.0. The van der Waals surface area contributed by atoms with Crippen LogP contribution >= 0.6 is 23.4 Å². The van der Waals surface area contributed by atoms with Crippen LogP contribution < -0.4 is 4.74 Å². The Hall–Kier alpha value is -2.77. The van der Waals surface area contributed by atoms with Gasteiger partial charge in [-0.05, 0) is 48.0 Å². The van der Waals surface area contributed by atoms with Gasteiger partial charge in [-0.25, -0.2) is 0 Å². The molecule has 0 aromatic heterocycles. The summed E-state index contributed by atoms with van der Waals surface area (Å²) in [6.07, 6.45) is 3.22. The molecule has 0 N–H and O–H groups in total. The fraction of sp³-hybridized carbons (Fsp3) is 0.261. The van der Waals surface area contributed by atoms with Gasteiger partial charge in [-0.15, -0.1) is 0 Å². The number of imide groups is 1. The molecule has 1 fully saturated rings. The van der Waals surface area contributed by atoms with E-state index in [4.69, 9.17) is 21.1 Å². The topological polar surface area (TPSA) is 72.9 Å². The third-order valence-corrected chi connectivity index (χ3v) is 5.59. The predicted molar refractivity (Wildman–Crippen MR) is 121 cm³/mol. The highest BCUT2D eigenvalue weighted by Gasteiger charge is 2.36. The zero-order valence-corrected chi connectivity index (χ0v) is 18.6. The largest absolute Gasteiger partial charge is 0.488 e. The quantitative estimate of drug-likeness (QED) is 0.288. The minimum atomic E-state index is -0.594. The minimum Gasteiger partial charge on any atom is -0.488 e. The van der Waals surface area contributed by atoms with E-state index in [1.54, 1.807) is 30.3 Å². The van der Waals surface area contributed by atoms with Gasteiger partial charge in [-0.2, -0.15) is 0 Å². The fourth-order valence-electron chi connectivity index (χ4n) is 2.76. The number of hydrogen-bond donors (Lipinski definition) is 0. The smallest absolute Gasteiger partial charge is 0.326 e. The van der Waals surface area contributed by atoms with Crippen molar-refractivity contribution in [1.29, 1.82) is 0 Å². The van der Waals surface area contributed by atoms with Crippen molar-refractivity contribution in [3.05, 3.63) is 69.6 Å². The van der Waals surface area contributed by atoms with Crippen LogP contribution in [0.25, 0.3) is 6.08 Å². The Balaban J connectivity index is 1.68. The third-order valence-electron chi connectivity index (χ3n) is 4.43. The summed E-state index contributed by atoms with van der Waals surface area (Å²) in [5.41, 5.74) is 1.61. The molecule has 162 valence electrons. The molecule has 0 spiro atoms. The van der Waals surface area contributed by atoms with Crippen LogP contribution in [0.3, 0.4) is 0 Å². The van der Waals surface area contributed by atoms with Crippen LogP contribution in [0.4, 0.5) is 4.79 Å². The second kappa shape index (κ2) is 11.0. The molecule has 2 aromatic rings. The van der Waals surface area contributed by atoms with Gasteiger partial charge in [0.2, 0.25) is 0 Å². The molecule has 0 atom stereocenters. The highest BCUT2D eigenvalue weighted by molar-refractivity contribution is 8.18. The van der Waals surface area contributed by atoms with Crippen molar-refractivity contribution in [2.24, 2.45) is 0 Å². The summed E-state index contributed by atoms with van der Waals surface area (Å²) in [4.78, 5) is 37.9.